The van der Waals surface area contributed by atoms with Crippen LogP contribution in [-0.2, 0) is 0 Å². The zero-order valence-corrected chi connectivity index (χ0v) is 34.8. The molecule has 0 heterocycles. The Labute approximate surface area is 370 Å². The van der Waals surface area contributed by atoms with E-state index in [0.29, 0.717) is 0 Å². The summed E-state index contributed by atoms with van der Waals surface area (Å²) in [6.45, 7) is 0. The smallest absolute Gasteiger partial charge is 0.0482 e. The summed E-state index contributed by atoms with van der Waals surface area (Å²) in [5.74, 6) is 0. The molecule has 0 radical (unpaired) electrons. The van der Waals surface area contributed by atoms with E-state index in [1.54, 1.807) is 0 Å². The fraction of sp³-hybridized carbons (Fsp3) is 0. The molecule has 0 amide bonds. The van der Waals surface area contributed by atoms with Crippen molar-refractivity contribution in [3.05, 3.63) is 273 Å². The van der Waals surface area contributed by atoms with E-state index in [1.807, 2.05) is 0 Å². The zero-order valence-electron chi connectivity index (χ0n) is 34.8. The highest BCUT2D eigenvalue weighted by atomic mass is 15.2. The number of hydrogen-bond donors (Lipinski definition) is 0. The molecule has 0 spiro atoms. The zero-order chi connectivity index (χ0) is 42.2. The molecule has 0 fully saturated rings. The maximum absolute atomic E-state index is 2.34. The van der Waals surface area contributed by atoms with Crippen LogP contribution in [0.2, 0.25) is 0 Å². The molecule has 10 rings (SSSR count). The van der Waals surface area contributed by atoms with Gasteiger partial charge in [-0.05, 0) is 137 Å². The van der Waals surface area contributed by atoms with Crippen LogP contribution in [0.4, 0.5) is 51.2 Å². The molecule has 0 saturated heterocycles. The molecule has 0 aliphatic rings. The molecule has 10 aromatic rings. The number of benzene rings is 10. The van der Waals surface area contributed by atoms with Gasteiger partial charge in [-0.1, -0.05) is 170 Å². The Bertz CT molecular complexity index is 2890. The topological polar surface area (TPSA) is 9.72 Å². The molecule has 0 atom stereocenters. The monoisotopic (exact) mass is 807 g/mol. The SMILES string of the molecule is c1ccc(-c2ccc(N(c3ccc(-c4ccccc4)cc3)c3ccc(-c4cccc(N(c5ccccc5)c5cccc(N(c6ccccc6)c6ccccc6)c5)c4)cc3)cc2)cc1. The van der Waals surface area contributed by atoms with Crippen molar-refractivity contribution >= 4 is 51.2 Å². The first kappa shape index (κ1) is 38.8. The van der Waals surface area contributed by atoms with Crippen LogP contribution in [0.5, 0.6) is 0 Å². The first-order chi connectivity index (χ1) is 31.2. The second-order valence-electron chi connectivity index (χ2n) is 15.5. The lowest BCUT2D eigenvalue weighted by molar-refractivity contribution is 1.25. The Morgan fingerprint density at radius 2 is 0.365 bits per heavy atom. The molecule has 63 heavy (non-hydrogen) atoms. The van der Waals surface area contributed by atoms with E-state index >= 15 is 0 Å². The molecule has 3 nitrogen and oxygen atoms in total. The Morgan fingerprint density at radius 1 is 0.143 bits per heavy atom. The van der Waals surface area contributed by atoms with E-state index in [9.17, 15) is 0 Å². The van der Waals surface area contributed by atoms with Crippen LogP contribution in [0.25, 0.3) is 33.4 Å². The van der Waals surface area contributed by atoms with Gasteiger partial charge < -0.3 is 14.7 Å². The molecule has 0 aromatic heterocycles. The molecular weight excluding hydrogens is 763 g/mol. The van der Waals surface area contributed by atoms with Crippen molar-refractivity contribution in [3.8, 4) is 33.4 Å². The van der Waals surface area contributed by atoms with Crippen molar-refractivity contribution < 1.29 is 0 Å². The minimum absolute atomic E-state index is 1.07. The minimum atomic E-state index is 1.07. The predicted molar refractivity (Wildman–Crippen MR) is 267 cm³/mol. The van der Waals surface area contributed by atoms with Crippen LogP contribution in [0.3, 0.4) is 0 Å². The van der Waals surface area contributed by atoms with Gasteiger partial charge in [-0.2, -0.15) is 0 Å². The summed E-state index contributed by atoms with van der Waals surface area (Å²) in [6, 6.07) is 97.2. The highest BCUT2D eigenvalue weighted by molar-refractivity contribution is 5.86. The number of nitrogens with zero attached hydrogens (tertiary/aromatic N) is 3. The van der Waals surface area contributed by atoms with Gasteiger partial charge in [-0.3, -0.25) is 0 Å². The quantitative estimate of drug-likeness (QED) is 0.122. The third-order valence-electron chi connectivity index (χ3n) is 11.4. The van der Waals surface area contributed by atoms with Gasteiger partial charge in [0.1, 0.15) is 0 Å². The molecule has 0 N–H and O–H groups in total. The highest BCUT2D eigenvalue weighted by Crippen LogP contribution is 2.42. The third kappa shape index (κ3) is 8.50. The normalized spacial score (nSPS) is 10.9. The summed E-state index contributed by atoms with van der Waals surface area (Å²) in [5.41, 5.74) is 16.8. The Kier molecular flexibility index (Phi) is 11.1. The van der Waals surface area contributed by atoms with E-state index in [-0.39, 0.29) is 0 Å². The Hall–Kier alpha value is -8.40. The van der Waals surface area contributed by atoms with Gasteiger partial charge >= 0.3 is 0 Å². The molecular formula is C60H45N3. The first-order valence-corrected chi connectivity index (χ1v) is 21.4. The lowest BCUT2D eigenvalue weighted by Gasteiger charge is -2.29. The molecule has 300 valence electrons. The van der Waals surface area contributed by atoms with Crippen molar-refractivity contribution in [2.45, 2.75) is 0 Å². The lowest BCUT2D eigenvalue weighted by atomic mass is 10.0. The molecule has 0 unspecified atom stereocenters. The Morgan fingerprint density at radius 3 is 0.746 bits per heavy atom. The lowest BCUT2D eigenvalue weighted by Crippen LogP contribution is -2.13. The van der Waals surface area contributed by atoms with E-state index in [2.05, 4.69) is 288 Å². The second-order valence-corrected chi connectivity index (χ2v) is 15.5. The number of anilines is 9. The van der Waals surface area contributed by atoms with Crippen molar-refractivity contribution in [2.75, 3.05) is 14.7 Å². The van der Waals surface area contributed by atoms with Crippen molar-refractivity contribution in [1.29, 1.82) is 0 Å². The highest BCUT2D eigenvalue weighted by Gasteiger charge is 2.18. The van der Waals surface area contributed by atoms with Crippen molar-refractivity contribution in [3.63, 3.8) is 0 Å². The van der Waals surface area contributed by atoms with Gasteiger partial charge in [-0.25, -0.2) is 0 Å². The van der Waals surface area contributed by atoms with Gasteiger partial charge in [0, 0.05) is 51.2 Å². The van der Waals surface area contributed by atoms with Crippen LogP contribution >= 0.6 is 0 Å². The maximum Gasteiger partial charge on any atom is 0.0482 e. The molecule has 0 bridgehead atoms. The number of rotatable bonds is 12. The molecule has 0 aliphatic heterocycles. The van der Waals surface area contributed by atoms with E-state index < -0.39 is 0 Å². The van der Waals surface area contributed by atoms with E-state index in [0.717, 1.165) is 62.3 Å². The second kappa shape index (κ2) is 18.1. The fourth-order valence-electron chi connectivity index (χ4n) is 8.34. The largest absolute Gasteiger partial charge is 0.311 e. The Balaban J connectivity index is 1.00. The predicted octanol–water partition coefficient (Wildman–Crippen LogP) is 17.1. The minimum Gasteiger partial charge on any atom is -0.311 e. The van der Waals surface area contributed by atoms with Crippen LogP contribution in [0.15, 0.2) is 273 Å². The van der Waals surface area contributed by atoms with Crippen molar-refractivity contribution in [1.82, 2.24) is 0 Å². The van der Waals surface area contributed by atoms with Gasteiger partial charge in [0.25, 0.3) is 0 Å². The summed E-state index contributed by atoms with van der Waals surface area (Å²) in [5, 5.41) is 0. The van der Waals surface area contributed by atoms with E-state index in [4.69, 9.17) is 0 Å². The summed E-state index contributed by atoms with van der Waals surface area (Å²) in [4.78, 5) is 6.99. The van der Waals surface area contributed by atoms with Crippen LogP contribution < -0.4 is 14.7 Å². The maximum atomic E-state index is 2.34. The molecule has 10 aromatic carbocycles. The summed E-state index contributed by atoms with van der Waals surface area (Å²) < 4.78 is 0. The number of para-hydroxylation sites is 3. The van der Waals surface area contributed by atoms with Gasteiger partial charge in [-0.15, -0.1) is 0 Å². The van der Waals surface area contributed by atoms with Gasteiger partial charge in [0.05, 0.1) is 0 Å². The molecule has 3 heteroatoms. The average molecular weight is 808 g/mol. The summed E-state index contributed by atoms with van der Waals surface area (Å²) >= 11 is 0. The van der Waals surface area contributed by atoms with Gasteiger partial charge in [0.15, 0.2) is 0 Å². The third-order valence-corrected chi connectivity index (χ3v) is 11.4. The van der Waals surface area contributed by atoms with Gasteiger partial charge in [0.2, 0.25) is 0 Å². The van der Waals surface area contributed by atoms with Crippen LogP contribution in [-0.4, -0.2) is 0 Å². The van der Waals surface area contributed by atoms with Crippen LogP contribution in [0.1, 0.15) is 0 Å². The molecule has 0 saturated carbocycles. The van der Waals surface area contributed by atoms with Crippen molar-refractivity contribution in [2.24, 2.45) is 0 Å². The fourth-order valence-corrected chi connectivity index (χ4v) is 8.34. The average Bonchev–Trinajstić information content (AvgIpc) is 3.37. The first-order valence-electron chi connectivity index (χ1n) is 21.4. The summed E-state index contributed by atoms with van der Waals surface area (Å²) in [7, 11) is 0. The summed E-state index contributed by atoms with van der Waals surface area (Å²) in [6.07, 6.45) is 0. The van der Waals surface area contributed by atoms with Crippen LogP contribution in [0, 0.1) is 0 Å². The molecule has 0 aliphatic carbocycles. The van der Waals surface area contributed by atoms with E-state index in [1.165, 1.54) is 22.3 Å². The standard InChI is InChI=1S/C60H45N3/c1-6-18-46(19-7-1)48-32-38-55(39-33-48)61(56-40-34-49(35-41-56)47-20-8-2-9-21-47)57-42-36-50(37-43-57)51-22-16-29-58(44-51)63(54-27-14-5-15-28-54)60-31-17-30-59(45-60)62(52-23-10-3-11-24-52)53-25-12-4-13-26-53/h1-45H. The number of hydrogen-bond acceptors (Lipinski definition) is 3.